The Bertz CT molecular complexity index is 1780. The fraction of sp³-hybridized carbons (Fsp3) is 0.958. The van der Waals surface area contributed by atoms with Crippen LogP contribution in [0.4, 0.5) is 0 Å². The van der Waals surface area contributed by atoms with Crippen molar-refractivity contribution >= 4 is 0 Å². The standard InChI is InChI=1S/C48H78O17/c1-21(2)16-24-17-46(9,65-41-37(57)34(54)31(51)23(4)60-41)39-25-10-11-28-44(7)14-13-29(43(5,6)27(44)12-15-45(28,8)47(25)19-48(39,64-24)58-20-47)62-42-38(35(55)32(52)26(18-49)61-42)63-40-36(56)33(53)30(50)22(3)59-40/h16,22-42,49-57H,10-15,17-20H2,1-9H3/t22-,23+,24-,25+,26+,27+,28+,29+,30-,31+,32+,33+,34-,35-,36+,37-,38+,39-,40-,41+,42-,44-,45+,46-,47-,48-/m0/s1. The number of fused-ring (bicyclic) bond motifs is 4. The molecule has 9 rings (SSSR count). The Morgan fingerprint density at radius 3 is 1.97 bits per heavy atom. The molecule has 26 atom stereocenters. The Morgan fingerprint density at radius 1 is 0.677 bits per heavy atom. The molecule has 9 N–H and O–H groups in total. The van der Waals surface area contributed by atoms with E-state index in [1.807, 2.05) is 13.8 Å². The summed E-state index contributed by atoms with van der Waals surface area (Å²) in [5.41, 5.74) is -0.702. The number of allylic oxidation sites excluding steroid dienone is 1. The first-order valence-electron chi connectivity index (χ1n) is 24.4. The highest BCUT2D eigenvalue weighted by molar-refractivity contribution is 5.27. The molecule has 0 unspecified atom stereocenters. The second-order valence-electron chi connectivity index (χ2n) is 23.4. The van der Waals surface area contributed by atoms with Crippen LogP contribution in [0.25, 0.3) is 0 Å². The van der Waals surface area contributed by atoms with Crippen molar-refractivity contribution in [3.8, 4) is 0 Å². The van der Waals surface area contributed by atoms with Gasteiger partial charge < -0.3 is 83.9 Å². The van der Waals surface area contributed by atoms with Crippen LogP contribution in [0.15, 0.2) is 11.6 Å². The second-order valence-corrected chi connectivity index (χ2v) is 23.4. The van der Waals surface area contributed by atoms with Gasteiger partial charge in [0.05, 0.1) is 43.2 Å². The highest BCUT2D eigenvalue weighted by atomic mass is 16.8. The number of ether oxygens (including phenoxy) is 8. The number of hydrogen-bond donors (Lipinski definition) is 9. The van der Waals surface area contributed by atoms with Crippen LogP contribution in [0.5, 0.6) is 0 Å². The van der Waals surface area contributed by atoms with E-state index in [-0.39, 0.29) is 40.1 Å². The maximum Gasteiger partial charge on any atom is 0.187 e. The van der Waals surface area contributed by atoms with Gasteiger partial charge in [0.15, 0.2) is 24.7 Å². The lowest BCUT2D eigenvalue weighted by Gasteiger charge is -2.70. The van der Waals surface area contributed by atoms with Gasteiger partial charge in [-0.15, -0.1) is 0 Å². The van der Waals surface area contributed by atoms with Gasteiger partial charge in [0.25, 0.3) is 0 Å². The van der Waals surface area contributed by atoms with Crippen molar-refractivity contribution in [3.63, 3.8) is 0 Å². The normalized spacial score (nSPS) is 58.3. The molecule has 0 aromatic carbocycles. The highest BCUT2D eigenvalue weighted by Crippen LogP contribution is 2.80. The van der Waals surface area contributed by atoms with Crippen molar-refractivity contribution in [1.82, 2.24) is 0 Å². The Balaban J connectivity index is 0.979. The molecule has 0 aromatic heterocycles. The maximum atomic E-state index is 11.4. The number of aliphatic hydroxyl groups is 9. The molecule has 5 heterocycles. The first kappa shape index (κ1) is 49.1. The molecule has 9 fully saturated rings. The molecular formula is C48H78O17. The molecule has 9 aliphatic rings. The Morgan fingerprint density at radius 2 is 1.32 bits per heavy atom. The molecule has 17 nitrogen and oxygen atoms in total. The Hall–Kier alpha value is -0.940. The molecule has 2 spiro atoms. The van der Waals surface area contributed by atoms with E-state index < -0.39 is 122 Å². The van der Waals surface area contributed by atoms with E-state index in [1.165, 1.54) is 6.92 Å². The van der Waals surface area contributed by atoms with Crippen LogP contribution in [0.1, 0.15) is 114 Å². The number of rotatable bonds is 8. The molecule has 0 radical (unpaired) electrons. The van der Waals surface area contributed by atoms with Gasteiger partial charge in [-0.05, 0) is 107 Å². The molecule has 4 saturated carbocycles. The van der Waals surface area contributed by atoms with Gasteiger partial charge in [0.1, 0.15) is 61.0 Å². The summed E-state index contributed by atoms with van der Waals surface area (Å²) in [6.45, 7) is 18.7. The molecule has 0 aromatic rings. The van der Waals surface area contributed by atoms with Crippen LogP contribution in [-0.2, 0) is 37.9 Å². The molecular weight excluding hydrogens is 849 g/mol. The van der Waals surface area contributed by atoms with Gasteiger partial charge in [-0.1, -0.05) is 39.3 Å². The topological polar surface area (TPSA) is 256 Å². The van der Waals surface area contributed by atoms with Crippen LogP contribution in [0.3, 0.4) is 0 Å². The first-order valence-corrected chi connectivity index (χ1v) is 24.4. The zero-order valence-electron chi connectivity index (χ0n) is 39.6. The van der Waals surface area contributed by atoms with Gasteiger partial charge in [-0.2, -0.15) is 0 Å². The molecule has 2 bridgehead atoms. The van der Waals surface area contributed by atoms with E-state index >= 15 is 0 Å². The zero-order valence-corrected chi connectivity index (χ0v) is 39.6. The average Bonchev–Trinajstić information content (AvgIpc) is 3.76. The fourth-order valence-electron chi connectivity index (χ4n) is 16.0. The van der Waals surface area contributed by atoms with Crippen molar-refractivity contribution in [3.05, 3.63) is 11.6 Å². The van der Waals surface area contributed by atoms with E-state index in [1.54, 1.807) is 6.92 Å². The molecule has 4 aliphatic carbocycles. The SMILES string of the molecule is CC(C)=C[C@H]1C[C@](C)(O[C@H]2O[C@H](C)[C@@H](O)[C@H](O)[C@@H]2O)[C@@H]2[C@H]3CC[C@@H]4[C@@]5(C)CC[C@@H](O[C@@H]6O[C@H](CO)[C@@H](O)[C@H](O)[C@H]6O[C@@H]6O[C@@H](C)[C@H](O)[C@@H](O)[C@H]6O)C(C)(C)[C@H]5CC[C@@]4(C)[C@@]34CO[C@@]2(C4)O1. The zero-order chi connectivity index (χ0) is 47.1. The Kier molecular flexibility index (Phi) is 12.7. The van der Waals surface area contributed by atoms with E-state index in [2.05, 4.69) is 40.7 Å². The van der Waals surface area contributed by atoms with E-state index in [0.29, 0.717) is 31.8 Å². The average molecular weight is 927 g/mol. The summed E-state index contributed by atoms with van der Waals surface area (Å²) in [4.78, 5) is 0. The predicted octanol–water partition coefficient (Wildman–Crippen LogP) is 1.38. The second kappa shape index (κ2) is 16.8. The fourth-order valence-corrected chi connectivity index (χ4v) is 16.0. The quantitative estimate of drug-likeness (QED) is 0.123. The van der Waals surface area contributed by atoms with Crippen LogP contribution >= 0.6 is 0 Å². The predicted molar refractivity (Wildman–Crippen MR) is 228 cm³/mol. The lowest BCUT2D eigenvalue weighted by Crippen LogP contribution is -2.69. The van der Waals surface area contributed by atoms with Gasteiger partial charge in [-0.25, -0.2) is 0 Å². The summed E-state index contributed by atoms with van der Waals surface area (Å²) in [7, 11) is 0. The van der Waals surface area contributed by atoms with Crippen molar-refractivity contribution in [1.29, 1.82) is 0 Å². The summed E-state index contributed by atoms with van der Waals surface area (Å²) in [6.07, 6.45) is -12.2. The molecule has 0 amide bonds. The minimum absolute atomic E-state index is 0.113. The smallest absolute Gasteiger partial charge is 0.187 e. The molecule has 372 valence electrons. The molecule has 5 saturated heterocycles. The first-order chi connectivity index (χ1) is 30.4. The lowest BCUT2D eigenvalue weighted by molar-refractivity contribution is -0.385. The highest BCUT2D eigenvalue weighted by Gasteiger charge is 2.81. The van der Waals surface area contributed by atoms with Gasteiger partial charge in [0, 0.05) is 24.2 Å². The summed E-state index contributed by atoms with van der Waals surface area (Å²) >= 11 is 0. The van der Waals surface area contributed by atoms with Crippen molar-refractivity contribution in [2.24, 2.45) is 45.3 Å². The van der Waals surface area contributed by atoms with Crippen molar-refractivity contribution in [2.45, 2.75) is 229 Å². The van der Waals surface area contributed by atoms with Crippen LogP contribution in [0, 0.1) is 45.3 Å². The minimum Gasteiger partial charge on any atom is -0.394 e. The summed E-state index contributed by atoms with van der Waals surface area (Å²) in [5.74, 6) is -0.429. The molecule has 5 aliphatic heterocycles. The third-order valence-electron chi connectivity index (χ3n) is 19.2. The number of aliphatic hydroxyl groups excluding tert-OH is 9. The third-order valence-corrected chi connectivity index (χ3v) is 19.2. The van der Waals surface area contributed by atoms with Crippen molar-refractivity contribution in [2.75, 3.05) is 13.2 Å². The molecule has 17 heteroatoms. The van der Waals surface area contributed by atoms with Gasteiger partial charge in [0.2, 0.25) is 0 Å². The van der Waals surface area contributed by atoms with E-state index in [0.717, 1.165) is 37.7 Å². The monoisotopic (exact) mass is 927 g/mol. The summed E-state index contributed by atoms with van der Waals surface area (Å²) in [6, 6.07) is 0. The number of hydrogen-bond acceptors (Lipinski definition) is 17. The van der Waals surface area contributed by atoms with Gasteiger partial charge >= 0.3 is 0 Å². The van der Waals surface area contributed by atoms with Crippen LogP contribution in [-0.4, -0.2) is 175 Å². The Labute approximate surface area is 382 Å². The maximum absolute atomic E-state index is 11.4. The van der Waals surface area contributed by atoms with Crippen LogP contribution < -0.4 is 0 Å². The molecule has 65 heavy (non-hydrogen) atoms. The minimum atomic E-state index is -1.66. The largest absolute Gasteiger partial charge is 0.394 e. The van der Waals surface area contributed by atoms with Crippen LogP contribution in [0.2, 0.25) is 0 Å². The van der Waals surface area contributed by atoms with E-state index in [9.17, 15) is 46.0 Å². The summed E-state index contributed by atoms with van der Waals surface area (Å²) in [5, 5.41) is 96.7. The third kappa shape index (κ3) is 7.33. The van der Waals surface area contributed by atoms with Crippen molar-refractivity contribution < 1.29 is 83.9 Å². The van der Waals surface area contributed by atoms with Gasteiger partial charge in [-0.3, -0.25) is 0 Å². The lowest BCUT2D eigenvalue weighted by atomic mass is 9.35. The van der Waals surface area contributed by atoms with E-state index in [4.69, 9.17) is 37.9 Å². The summed E-state index contributed by atoms with van der Waals surface area (Å²) < 4.78 is 52.0.